The molecule has 1 aliphatic heterocycles. The van der Waals surface area contributed by atoms with E-state index in [-0.39, 0.29) is 0 Å². The van der Waals surface area contributed by atoms with Crippen molar-refractivity contribution >= 4 is 12.0 Å². The molecule has 24 heavy (non-hydrogen) atoms. The number of nitrogens with zero attached hydrogens (tertiary/aromatic N) is 1. The Hall–Kier alpha value is -1.47. The SMILES string of the molecule is CC1CCCCC1CCNC(=O)N1C[C@@H](C(F)(F)F)[C@H](C(=O)O)C1. The van der Waals surface area contributed by atoms with Gasteiger partial charge in [0.1, 0.15) is 0 Å². The summed E-state index contributed by atoms with van der Waals surface area (Å²) < 4.78 is 38.8. The smallest absolute Gasteiger partial charge is 0.394 e. The second-order valence-electron chi connectivity index (χ2n) is 7.04. The molecular weight excluding hydrogens is 325 g/mol. The van der Waals surface area contributed by atoms with Crippen LogP contribution in [0.25, 0.3) is 0 Å². The molecule has 1 saturated heterocycles. The second kappa shape index (κ2) is 7.61. The monoisotopic (exact) mass is 350 g/mol. The van der Waals surface area contributed by atoms with Crippen LogP contribution in [-0.4, -0.2) is 47.8 Å². The molecule has 0 aromatic heterocycles. The van der Waals surface area contributed by atoms with E-state index in [4.69, 9.17) is 5.11 Å². The summed E-state index contributed by atoms with van der Waals surface area (Å²) in [7, 11) is 0. The molecule has 1 saturated carbocycles. The molecule has 0 aromatic carbocycles. The number of nitrogens with one attached hydrogen (secondary N) is 1. The van der Waals surface area contributed by atoms with Gasteiger partial charge in [-0.3, -0.25) is 4.79 Å². The molecule has 1 heterocycles. The third-order valence-electron chi connectivity index (χ3n) is 5.43. The van der Waals surface area contributed by atoms with Gasteiger partial charge in [0.25, 0.3) is 0 Å². The summed E-state index contributed by atoms with van der Waals surface area (Å²) in [6, 6.07) is -0.600. The first-order chi connectivity index (χ1) is 11.2. The van der Waals surface area contributed by atoms with Crippen LogP contribution in [0.3, 0.4) is 0 Å². The maximum atomic E-state index is 12.9. The van der Waals surface area contributed by atoms with E-state index in [1.54, 1.807) is 0 Å². The normalized spacial score (nSPS) is 31.1. The van der Waals surface area contributed by atoms with Crippen LogP contribution in [0.15, 0.2) is 0 Å². The molecular formula is C16H25F3N2O3. The van der Waals surface area contributed by atoms with Gasteiger partial charge >= 0.3 is 18.2 Å². The Morgan fingerprint density at radius 3 is 2.42 bits per heavy atom. The Balaban J connectivity index is 1.83. The summed E-state index contributed by atoms with van der Waals surface area (Å²) in [5.41, 5.74) is 0. The average Bonchev–Trinajstić information content (AvgIpc) is 2.95. The van der Waals surface area contributed by atoms with E-state index in [1.807, 2.05) is 0 Å². The van der Waals surface area contributed by atoms with E-state index < -0.39 is 43.1 Å². The highest BCUT2D eigenvalue weighted by atomic mass is 19.4. The third-order valence-corrected chi connectivity index (χ3v) is 5.43. The topological polar surface area (TPSA) is 69.6 Å². The number of likely N-dealkylation sites (tertiary alicyclic amines) is 1. The molecule has 4 atom stereocenters. The highest BCUT2D eigenvalue weighted by Crippen LogP contribution is 2.37. The van der Waals surface area contributed by atoms with Gasteiger partial charge in [-0.05, 0) is 18.3 Å². The van der Waals surface area contributed by atoms with Crippen LogP contribution >= 0.6 is 0 Å². The van der Waals surface area contributed by atoms with Crippen molar-refractivity contribution in [1.82, 2.24) is 10.2 Å². The largest absolute Gasteiger partial charge is 0.481 e. The summed E-state index contributed by atoms with van der Waals surface area (Å²) in [6.45, 7) is 1.62. The molecule has 0 spiro atoms. The first-order valence-electron chi connectivity index (χ1n) is 8.52. The van der Waals surface area contributed by atoms with Crippen molar-refractivity contribution in [2.75, 3.05) is 19.6 Å². The molecule has 8 heteroatoms. The third kappa shape index (κ3) is 4.54. The number of carboxylic acid groups (broad SMARTS) is 1. The average molecular weight is 350 g/mol. The number of hydrogen-bond donors (Lipinski definition) is 2. The van der Waals surface area contributed by atoms with Crippen LogP contribution in [0.1, 0.15) is 39.0 Å². The van der Waals surface area contributed by atoms with Crippen LogP contribution in [0, 0.1) is 23.7 Å². The standard InChI is InChI=1S/C16H25F3N2O3/c1-10-4-2-3-5-11(10)6-7-20-15(24)21-8-12(14(22)23)13(9-21)16(17,18)19/h10-13H,2-9H2,1H3,(H,20,24)(H,22,23)/t10?,11?,12-,13-/m1/s1. The lowest BCUT2D eigenvalue weighted by Crippen LogP contribution is -2.40. The molecule has 5 nitrogen and oxygen atoms in total. The van der Waals surface area contributed by atoms with Crippen molar-refractivity contribution in [1.29, 1.82) is 0 Å². The summed E-state index contributed by atoms with van der Waals surface area (Å²) in [4.78, 5) is 24.1. The molecule has 2 amide bonds. The lowest BCUT2D eigenvalue weighted by Gasteiger charge is -2.29. The highest BCUT2D eigenvalue weighted by molar-refractivity contribution is 5.77. The lowest BCUT2D eigenvalue weighted by molar-refractivity contribution is -0.187. The van der Waals surface area contributed by atoms with Gasteiger partial charge in [0, 0.05) is 19.6 Å². The zero-order valence-electron chi connectivity index (χ0n) is 13.8. The zero-order valence-corrected chi connectivity index (χ0v) is 13.8. The van der Waals surface area contributed by atoms with Gasteiger partial charge in [-0.15, -0.1) is 0 Å². The van der Waals surface area contributed by atoms with Gasteiger partial charge in [0.05, 0.1) is 11.8 Å². The van der Waals surface area contributed by atoms with E-state index in [2.05, 4.69) is 12.2 Å². The number of carbonyl (C=O) groups excluding carboxylic acids is 1. The number of carboxylic acids is 1. The summed E-state index contributed by atoms with van der Waals surface area (Å²) in [6.07, 6.45) is 0.910. The minimum atomic E-state index is -4.62. The van der Waals surface area contributed by atoms with E-state index in [1.165, 1.54) is 19.3 Å². The van der Waals surface area contributed by atoms with Crippen molar-refractivity contribution in [3.05, 3.63) is 0 Å². The highest BCUT2D eigenvalue weighted by Gasteiger charge is 2.53. The van der Waals surface area contributed by atoms with Crippen molar-refractivity contribution in [3.63, 3.8) is 0 Å². The number of rotatable bonds is 4. The fourth-order valence-corrected chi connectivity index (χ4v) is 3.85. The van der Waals surface area contributed by atoms with E-state index >= 15 is 0 Å². The van der Waals surface area contributed by atoms with Gasteiger partial charge in [0.2, 0.25) is 0 Å². The van der Waals surface area contributed by atoms with Gasteiger partial charge in [-0.2, -0.15) is 13.2 Å². The number of amides is 2. The molecule has 0 radical (unpaired) electrons. The molecule has 0 aromatic rings. The van der Waals surface area contributed by atoms with E-state index in [0.717, 1.165) is 17.7 Å². The Labute approximate surface area is 139 Å². The Morgan fingerprint density at radius 1 is 1.21 bits per heavy atom. The minimum absolute atomic E-state index is 0.398. The number of hydrogen-bond acceptors (Lipinski definition) is 2. The van der Waals surface area contributed by atoms with Crippen LogP contribution in [0.4, 0.5) is 18.0 Å². The fraction of sp³-hybridized carbons (Fsp3) is 0.875. The Kier molecular flexibility index (Phi) is 5.98. The number of urea groups is 1. The maximum Gasteiger partial charge on any atom is 0.394 e. The molecule has 2 fully saturated rings. The van der Waals surface area contributed by atoms with Crippen LogP contribution in [-0.2, 0) is 4.79 Å². The molecule has 2 unspecified atom stereocenters. The van der Waals surface area contributed by atoms with Gasteiger partial charge in [-0.25, -0.2) is 4.79 Å². The quantitative estimate of drug-likeness (QED) is 0.818. The van der Waals surface area contributed by atoms with Crippen molar-refractivity contribution in [3.8, 4) is 0 Å². The molecule has 138 valence electrons. The van der Waals surface area contributed by atoms with E-state index in [9.17, 15) is 22.8 Å². The van der Waals surface area contributed by atoms with Crippen LogP contribution in [0.5, 0.6) is 0 Å². The molecule has 2 aliphatic rings. The maximum absolute atomic E-state index is 12.9. The lowest BCUT2D eigenvalue weighted by atomic mass is 9.79. The van der Waals surface area contributed by atoms with E-state index in [0.29, 0.717) is 18.4 Å². The first kappa shape index (κ1) is 18.9. The van der Waals surface area contributed by atoms with Crippen molar-refractivity contribution in [2.45, 2.75) is 45.2 Å². The molecule has 2 N–H and O–H groups in total. The zero-order chi connectivity index (χ0) is 17.9. The van der Waals surface area contributed by atoms with Crippen molar-refractivity contribution in [2.24, 2.45) is 23.7 Å². The summed E-state index contributed by atoms with van der Waals surface area (Å²) in [5, 5.41) is 11.6. The number of carbonyl (C=O) groups is 2. The molecule has 2 rings (SSSR count). The Bertz CT molecular complexity index is 470. The fourth-order valence-electron chi connectivity index (χ4n) is 3.85. The van der Waals surface area contributed by atoms with Gasteiger partial charge < -0.3 is 15.3 Å². The van der Waals surface area contributed by atoms with Crippen LogP contribution in [0.2, 0.25) is 0 Å². The summed E-state index contributed by atoms with van der Waals surface area (Å²) >= 11 is 0. The number of alkyl halides is 3. The first-order valence-corrected chi connectivity index (χ1v) is 8.52. The molecule has 0 bridgehead atoms. The number of aliphatic carboxylic acids is 1. The predicted octanol–water partition coefficient (Wildman–Crippen LogP) is 3.11. The number of halogens is 3. The molecule has 1 aliphatic carbocycles. The second-order valence-corrected chi connectivity index (χ2v) is 7.04. The predicted molar refractivity (Wildman–Crippen MR) is 81.4 cm³/mol. The van der Waals surface area contributed by atoms with Crippen LogP contribution < -0.4 is 5.32 Å². The van der Waals surface area contributed by atoms with Gasteiger partial charge in [-0.1, -0.05) is 32.6 Å². The van der Waals surface area contributed by atoms with Gasteiger partial charge in [0.15, 0.2) is 0 Å². The Morgan fingerprint density at radius 2 is 1.88 bits per heavy atom. The summed E-state index contributed by atoms with van der Waals surface area (Å²) in [5.74, 6) is -3.96. The minimum Gasteiger partial charge on any atom is -0.481 e. The van der Waals surface area contributed by atoms with Crippen molar-refractivity contribution < 1.29 is 27.9 Å².